The quantitative estimate of drug-likeness (QED) is 0.406. The Hall–Kier alpha value is -3.31. The molecule has 1 unspecified atom stereocenters. The second-order valence-corrected chi connectivity index (χ2v) is 8.54. The first-order chi connectivity index (χ1) is 15.0. The number of Topliss-reactive ketones (excluding diaryl/α,β-unsaturated/α-hetero) is 1. The Labute approximate surface area is 185 Å². The molecule has 1 N–H and O–H groups in total. The van der Waals surface area contributed by atoms with Gasteiger partial charge >= 0.3 is 0 Å². The first kappa shape index (κ1) is 19.6. The molecular weight excluding hydrogens is 410 g/mol. The number of hydrogen-bond acceptors (Lipinski definition) is 4. The van der Waals surface area contributed by atoms with Crippen molar-refractivity contribution in [3.05, 3.63) is 94.0 Å². The molecule has 2 heterocycles. The maximum absolute atomic E-state index is 13.3. The number of hydrogen-bond donors (Lipinski definition) is 1. The molecule has 6 heteroatoms. The summed E-state index contributed by atoms with van der Waals surface area (Å²) in [7, 11) is 0. The van der Waals surface area contributed by atoms with Crippen LogP contribution in [0, 0.1) is 13.8 Å². The van der Waals surface area contributed by atoms with E-state index in [4.69, 9.17) is 21.1 Å². The minimum atomic E-state index is -0.00758. The summed E-state index contributed by atoms with van der Waals surface area (Å²) < 4.78 is 7.46. The molecule has 0 spiro atoms. The van der Waals surface area contributed by atoms with Gasteiger partial charge < -0.3 is 9.73 Å². The van der Waals surface area contributed by atoms with Crippen LogP contribution in [0.1, 0.15) is 45.3 Å². The van der Waals surface area contributed by atoms with E-state index < -0.39 is 0 Å². The minimum Gasteiger partial charge on any atom is -0.469 e. The number of nitrogens with zero attached hydrogens (tertiary/aromatic N) is 2. The normalized spacial score (nSPS) is 15.7. The summed E-state index contributed by atoms with van der Waals surface area (Å²) in [5.74, 6) is 1.46. The van der Waals surface area contributed by atoms with Crippen molar-refractivity contribution in [2.75, 3.05) is 5.32 Å². The van der Waals surface area contributed by atoms with Crippen LogP contribution in [0.15, 0.2) is 65.3 Å². The Balaban J connectivity index is 1.62. The van der Waals surface area contributed by atoms with Crippen LogP contribution >= 0.6 is 11.6 Å². The van der Waals surface area contributed by atoms with E-state index >= 15 is 0 Å². The molecule has 5 rings (SSSR count). The molecule has 0 aliphatic heterocycles. The van der Waals surface area contributed by atoms with Crippen LogP contribution in [0.25, 0.3) is 5.69 Å². The van der Waals surface area contributed by atoms with Gasteiger partial charge in [-0.1, -0.05) is 17.7 Å². The zero-order valence-corrected chi connectivity index (χ0v) is 18.1. The molecule has 1 aliphatic rings. The van der Waals surface area contributed by atoms with Gasteiger partial charge in [-0.2, -0.15) is 0 Å². The highest BCUT2D eigenvalue weighted by Gasteiger charge is 2.34. The van der Waals surface area contributed by atoms with E-state index in [1.165, 1.54) is 0 Å². The third kappa shape index (κ3) is 3.77. The highest BCUT2D eigenvalue weighted by atomic mass is 35.5. The first-order valence-electron chi connectivity index (χ1n) is 10.3. The Bertz CT molecular complexity index is 1240. The SMILES string of the molecule is Cc1cc(C)cc(Nc2nn(-c3ccc(Cl)cc3)c3c2C(=O)CC(c2ccco2)C3)c1. The van der Waals surface area contributed by atoms with E-state index in [0.717, 1.165) is 34.0 Å². The van der Waals surface area contributed by atoms with Gasteiger partial charge in [0.25, 0.3) is 0 Å². The molecular formula is C25H22ClN3O2. The van der Waals surface area contributed by atoms with E-state index in [0.29, 0.717) is 29.2 Å². The molecule has 2 aromatic carbocycles. The van der Waals surface area contributed by atoms with Gasteiger partial charge in [-0.25, -0.2) is 4.68 Å². The van der Waals surface area contributed by atoms with Crippen molar-refractivity contribution in [1.82, 2.24) is 9.78 Å². The molecule has 0 saturated heterocycles. The lowest BCUT2D eigenvalue weighted by atomic mass is 9.85. The number of aromatic nitrogens is 2. The fourth-order valence-corrected chi connectivity index (χ4v) is 4.48. The smallest absolute Gasteiger partial charge is 0.169 e. The number of rotatable bonds is 4. The van der Waals surface area contributed by atoms with Gasteiger partial charge in [0.15, 0.2) is 11.6 Å². The van der Waals surface area contributed by atoms with E-state index in [9.17, 15) is 4.79 Å². The van der Waals surface area contributed by atoms with Crippen molar-refractivity contribution in [3.8, 4) is 5.69 Å². The number of aryl methyl sites for hydroxylation is 2. The van der Waals surface area contributed by atoms with Crippen LogP contribution in [0.5, 0.6) is 0 Å². The van der Waals surface area contributed by atoms with Gasteiger partial charge in [0, 0.05) is 29.5 Å². The monoisotopic (exact) mass is 431 g/mol. The lowest BCUT2D eigenvalue weighted by molar-refractivity contribution is 0.0960. The van der Waals surface area contributed by atoms with E-state index in [1.54, 1.807) is 6.26 Å². The number of furan rings is 1. The minimum absolute atomic E-state index is 0.00758. The molecule has 5 nitrogen and oxygen atoms in total. The van der Waals surface area contributed by atoms with Crippen molar-refractivity contribution >= 4 is 28.9 Å². The second kappa shape index (κ2) is 7.75. The standard InChI is InChI=1S/C25H22ClN3O2/c1-15-10-16(2)12-19(11-15)27-25-24-21(29(28-25)20-7-5-18(26)6-8-20)13-17(14-22(24)30)23-4-3-9-31-23/h3-12,17H,13-14H2,1-2H3,(H,27,28). The summed E-state index contributed by atoms with van der Waals surface area (Å²) in [6, 6.07) is 17.5. The Morgan fingerprint density at radius 1 is 1.06 bits per heavy atom. The maximum Gasteiger partial charge on any atom is 0.169 e. The lowest BCUT2D eigenvalue weighted by Gasteiger charge is -2.21. The maximum atomic E-state index is 13.3. The fraction of sp³-hybridized carbons (Fsp3) is 0.200. The van der Waals surface area contributed by atoms with Gasteiger partial charge in [-0.05, 0) is 73.5 Å². The first-order valence-corrected chi connectivity index (χ1v) is 10.7. The van der Waals surface area contributed by atoms with Crippen LogP contribution < -0.4 is 5.32 Å². The molecule has 156 valence electrons. The van der Waals surface area contributed by atoms with Crippen LogP contribution in [-0.4, -0.2) is 15.6 Å². The number of ketones is 1. The molecule has 0 bridgehead atoms. The van der Waals surface area contributed by atoms with Gasteiger partial charge in [-0.3, -0.25) is 4.79 Å². The van der Waals surface area contributed by atoms with E-state index in [-0.39, 0.29) is 11.7 Å². The number of benzene rings is 2. The lowest BCUT2D eigenvalue weighted by Crippen LogP contribution is -2.20. The highest BCUT2D eigenvalue weighted by molar-refractivity contribution is 6.30. The predicted molar refractivity (Wildman–Crippen MR) is 122 cm³/mol. The number of anilines is 2. The van der Waals surface area contributed by atoms with E-state index in [2.05, 4.69) is 37.4 Å². The Morgan fingerprint density at radius 2 is 1.81 bits per heavy atom. The van der Waals surface area contributed by atoms with Crippen LogP contribution in [0.4, 0.5) is 11.5 Å². The molecule has 1 aliphatic carbocycles. The summed E-state index contributed by atoms with van der Waals surface area (Å²) in [5, 5.41) is 8.87. The number of carbonyl (C=O) groups excluding carboxylic acids is 1. The average molecular weight is 432 g/mol. The average Bonchev–Trinajstić information content (AvgIpc) is 3.37. The summed E-state index contributed by atoms with van der Waals surface area (Å²) in [4.78, 5) is 13.3. The van der Waals surface area contributed by atoms with Crippen LogP contribution in [-0.2, 0) is 6.42 Å². The van der Waals surface area contributed by atoms with E-state index in [1.807, 2.05) is 41.1 Å². The molecule has 31 heavy (non-hydrogen) atoms. The molecule has 1 atom stereocenters. The zero-order valence-electron chi connectivity index (χ0n) is 17.4. The predicted octanol–water partition coefficient (Wildman–Crippen LogP) is 6.39. The molecule has 0 radical (unpaired) electrons. The fourth-order valence-electron chi connectivity index (χ4n) is 4.36. The summed E-state index contributed by atoms with van der Waals surface area (Å²) in [6.07, 6.45) is 2.71. The molecule has 4 aromatic rings. The summed E-state index contributed by atoms with van der Waals surface area (Å²) in [6.45, 7) is 4.11. The van der Waals surface area contributed by atoms with Gasteiger partial charge in [0.05, 0.1) is 23.2 Å². The third-order valence-electron chi connectivity index (χ3n) is 5.63. The number of carbonyl (C=O) groups is 1. The largest absolute Gasteiger partial charge is 0.469 e. The number of fused-ring (bicyclic) bond motifs is 1. The van der Waals surface area contributed by atoms with Crippen molar-refractivity contribution in [2.45, 2.75) is 32.6 Å². The van der Waals surface area contributed by atoms with Gasteiger partial charge in [0.1, 0.15) is 5.76 Å². The number of nitrogens with one attached hydrogen (secondary N) is 1. The zero-order chi connectivity index (χ0) is 21.5. The van der Waals surface area contributed by atoms with Gasteiger partial charge in [0.2, 0.25) is 0 Å². The van der Waals surface area contributed by atoms with Gasteiger partial charge in [-0.15, -0.1) is 5.10 Å². The van der Waals surface area contributed by atoms with Crippen LogP contribution in [0.3, 0.4) is 0 Å². The molecule has 0 saturated carbocycles. The topological polar surface area (TPSA) is 60.1 Å². The molecule has 0 amide bonds. The van der Waals surface area contributed by atoms with Crippen molar-refractivity contribution in [2.24, 2.45) is 0 Å². The highest BCUT2D eigenvalue weighted by Crippen LogP contribution is 2.38. The van der Waals surface area contributed by atoms with Crippen molar-refractivity contribution < 1.29 is 9.21 Å². The molecule has 2 aromatic heterocycles. The summed E-state index contributed by atoms with van der Waals surface area (Å²) >= 11 is 6.09. The van der Waals surface area contributed by atoms with Crippen LogP contribution in [0.2, 0.25) is 5.02 Å². The van der Waals surface area contributed by atoms with Crippen molar-refractivity contribution in [3.63, 3.8) is 0 Å². The van der Waals surface area contributed by atoms with Crippen molar-refractivity contribution in [1.29, 1.82) is 0 Å². The number of halogens is 1. The second-order valence-electron chi connectivity index (χ2n) is 8.10. The molecule has 0 fully saturated rings. The Morgan fingerprint density at radius 3 is 2.48 bits per heavy atom. The third-order valence-corrected chi connectivity index (χ3v) is 5.88. The summed E-state index contributed by atoms with van der Waals surface area (Å²) in [5.41, 5.74) is 5.61. The Kier molecular flexibility index (Phi) is 4.91.